The van der Waals surface area contributed by atoms with Crippen molar-refractivity contribution in [1.29, 1.82) is 0 Å². The van der Waals surface area contributed by atoms with E-state index in [9.17, 15) is 4.79 Å². The van der Waals surface area contributed by atoms with E-state index >= 15 is 0 Å². The van der Waals surface area contributed by atoms with Crippen LogP contribution in [0.4, 0.5) is 0 Å². The van der Waals surface area contributed by atoms with Crippen LogP contribution in [0.2, 0.25) is 0 Å². The molecule has 1 aromatic heterocycles. The van der Waals surface area contributed by atoms with Gasteiger partial charge >= 0.3 is 0 Å². The summed E-state index contributed by atoms with van der Waals surface area (Å²) in [5, 5.41) is 9.46. The quantitative estimate of drug-likeness (QED) is 0.395. The average molecular weight is 228 g/mol. The summed E-state index contributed by atoms with van der Waals surface area (Å²) in [6.07, 6.45) is 0. The SMILES string of the molecule is O=c1c2ccccc2oc2cccc(OO)c12. The Hall–Kier alpha value is -2.33. The highest BCUT2D eigenvalue weighted by Crippen LogP contribution is 2.25. The Labute approximate surface area is 95.6 Å². The van der Waals surface area contributed by atoms with Gasteiger partial charge in [0.25, 0.3) is 0 Å². The fourth-order valence-corrected chi connectivity index (χ4v) is 1.89. The highest BCUT2D eigenvalue weighted by molar-refractivity contribution is 5.92. The maximum atomic E-state index is 12.2. The molecule has 84 valence electrons. The number of rotatable bonds is 1. The molecule has 2 aromatic carbocycles. The summed E-state index contributed by atoms with van der Waals surface area (Å²) in [6.45, 7) is 0. The average Bonchev–Trinajstić information content (AvgIpc) is 2.38. The molecular formula is C13H8O4. The molecule has 0 atom stereocenters. The molecule has 0 fully saturated rings. The summed E-state index contributed by atoms with van der Waals surface area (Å²) in [4.78, 5) is 16.4. The summed E-state index contributed by atoms with van der Waals surface area (Å²) in [5.41, 5.74) is 0.687. The van der Waals surface area contributed by atoms with Crippen molar-refractivity contribution in [2.75, 3.05) is 0 Å². The molecule has 1 heterocycles. The molecule has 0 aliphatic carbocycles. The van der Waals surface area contributed by atoms with E-state index < -0.39 is 0 Å². The van der Waals surface area contributed by atoms with E-state index in [1.165, 1.54) is 6.07 Å². The van der Waals surface area contributed by atoms with Crippen LogP contribution < -0.4 is 10.3 Å². The van der Waals surface area contributed by atoms with Crippen LogP contribution >= 0.6 is 0 Å². The zero-order chi connectivity index (χ0) is 11.8. The topological polar surface area (TPSA) is 59.7 Å². The van der Waals surface area contributed by atoms with Gasteiger partial charge in [-0.3, -0.25) is 4.79 Å². The van der Waals surface area contributed by atoms with E-state index in [4.69, 9.17) is 9.67 Å². The first-order chi connectivity index (χ1) is 8.31. The molecule has 17 heavy (non-hydrogen) atoms. The van der Waals surface area contributed by atoms with Crippen LogP contribution in [0, 0.1) is 0 Å². The standard InChI is InChI=1S/C13H8O4/c14-13-8-4-1-2-5-9(8)16-10-6-3-7-11(17-15)12(10)13/h1-7,15H. The molecule has 0 saturated carbocycles. The summed E-state index contributed by atoms with van der Waals surface area (Å²) in [5.74, 6) is 0.0991. The van der Waals surface area contributed by atoms with Crippen molar-refractivity contribution in [1.82, 2.24) is 0 Å². The number of benzene rings is 2. The largest absolute Gasteiger partial charge is 0.456 e. The normalized spacial score (nSPS) is 10.9. The van der Waals surface area contributed by atoms with E-state index in [-0.39, 0.29) is 16.6 Å². The highest BCUT2D eigenvalue weighted by atomic mass is 17.1. The predicted octanol–water partition coefficient (Wildman–Crippen LogP) is 2.80. The minimum absolute atomic E-state index is 0.0991. The van der Waals surface area contributed by atoms with Crippen LogP contribution in [-0.2, 0) is 0 Å². The van der Waals surface area contributed by atoms with Gasteiger partial charge < -0.3 is 9.30 Å². The second-order valence-corrected chi connectivity index (χ2v) is 3.65. The van der Waals surface area contributed by atoms with Crippen molar-refractivity contribution in [3.8, 4) is 5.75 Å². The van der Waals surface area contributed by atoms with Gasteiger partial charge in [0, 0.05) is 0 Å². The van der Waals surface area contributed by atoms with Crippen LogP contribution in [0.15, 0.2) is 51.7 Å². The van der Waals surface area contributed by atoms with Crippen molar-refractivity contribution in [3.05, 3.63) is 52.7 Å². The van der Waals surface area contributed by atoms with Gasteiger partial charge in [0.15, 0.2) is 5.75 Å². The molecular weight excluding hydrogens is 220 g/mol. The molecule has 0 unspecified atom stereocenters. The molecule has 0 aliphatic rings. The van der Waals surface area contributed by atoms with Crippen LogP contribution in [0.1, 0.15) is 0 Å². The number of fused-ring (bicyclic) bond motifs is 2. The lowest BCUT2D eigenvalue weighted by Gasteiger charge is -2.03. The molecule has 4 nitrogen and oxygen atoms in total. The summed E-state index contributed by atoms with van der Waals surface area (Å²) in [7, 11) is 0. The molecule has 0 saturated heterocycles. The van der Waals surface area contributed by atoms with Crippen molar-refractivity contribution in [3.63, 3.8) is 0 Å². The Kier molecular flexibility index (Phi) is 2.09. The van der Waals surface area contributed by atoms with Gasteiger partial charge in [-0.05, 0) is 24.3 Å². The zero-order valence-electron chi connectivity index (χ0n) is 8.71. The lowest BCUT2D eigenvalue weighted by Crippen LogP contribution is -2.03. The van der Waals surface area contributed by atoms with Crippen molar-refractivity contribution in [2.24, 2.45) is 0 Å². The Morgan fingerprint density at radius 3 is 2.59 bits per heavy atom. The third-order valence-corrected chi connectivity index (χ3v) is 2.67. The molecule has 0 aliphatic heterocycles. The molecule has 0 bridgehead atoms. The fourth-order valence-electron chi connectivity index (χ4n) is 1.89. The predicted molar refractivity (Wildman–Crippen MR) is 63.2 cm³/mol. The van der Waals surface area contributed by atoms with Gasteiger partial charge in [0.05, 0.1) is 5.39 Å². The van der Waals surface area contributed by atoms with E-state index in [1.807, 2.05) is 0 Å². The minimum atomic E-state index is -0.216. The Morgan fingerprint density at radius 1 is 1.00 bits per heavy atom. The molecule has 0 amide bonds. The van der Waals surface area contributed by atoms with Crippen LogP contribution in [0.5, 0.6) is 5.75 Å². The van der Waals surface area contributed by atoms with E-state index in [0.717, 1.165) is 0 Å². The van der Waals surface area contributed by atoms with Gasteiger partial charge in [-0.1, -0.05) is 18.2 Å². The summed E-state index contributed by atoms with van der Waals surface area (Å²) in [6, 6.07) is 11.8. The summed E-state index contributed by atoms with van der Waals surface area (Å²) < 4.78 is 5.58. The smallest absolute Gasteiger partial charge is 0.204 e. The number of hydrogen-bond donors (Lipinski definition) is 1. The van der Waals surface area contributed by atoms with Crippen molar-refractivity contribution >= 4 is 21.9 Å². The van der Waals surface area contributed by atoms with E-state index in [0.29, 0.717) is 16.6 Å². The van der Waals surface area contributed by atoms with Crippen LogP contribution in [-0.4, -0.2) is 5.26 Å². The summed E-state index contributed by atoms with van der Waals surface area (Å²) >= 11 is 0. The first-order valence-electron chi connectivity index (χ1n) is 5.07. The monoisotopic (exact) mass is 228 g/mol. The second kappa shape index (κ2) is 3.61. The molecule has 0 spiro atoms. The van der Waals surface area contributed by atoms with Gasteiger partial charge in [-0.15, -0.1) is 0 Å². The van der Waals surface area contributed by atoms with Crippen molar-refractivity contribution in [2.45, 2.75) is 0 Å². The minimum Gasteiger partial charge on any atom is -0.456 e. The van der Waals surface area contributed by atoms with Crippen molar-refractivity contribution < 1.29 is 14.6 Å². The maximum absolute atomic E-state index is 12.2. The first-order valence-corrected chi connectivity index (χ1v) is 5.07. The third-order valence-electron chi connectivity index (χ3n) is 2.67. The molecule has 0 radical (unpaired) electrons. The van der Waals surface area contributed by atoms with Gasteiger partial charge in [-0.25, -0.2) is 5.26 Å². The maximum Gasteiger partial charge on any atom is 0.204 e. The van der Waals surface area contributed by atoms with E-state index in [2.05, 4.69) is 4.89 Å². The van der Waals surface area contributed by atoms with Gasteiger partial charge in [0.1, 0.15) is 16.6 Å². The Morgan fingerprint density at radius 2 is 1.76 bits per heavy atom. The third kappa shape index (κ3) is 1.38. The lowest BCUT2D eigenvalue weighted by molar-refractivity contribution is -0.136. The number of para-hydroxylation sites is 1. The van der Waals surface area contributed by atoms with E-state index in [1.54, 1.807) is 36.4 Å². The number of hydrogen-bond acceptors (Lipinski definition) is 4. The second-order valence-electron chi connectivity index (χ2n) is 3.65. The fraction of sp³-hybridized carbons (Fsp3) is 0. The molecule has 1 N–H and O–H groups in total. The first kappa shape index (κ1) is 9.86. The molecule has 3 aromatic rings. The molecule has 4 heteroatoms. The Bertz CT molecular complexity index is 758. The van der Waals surface area contributed by atoms with Crippen LogP contribution in [0.25, 0.3) is 21.9 Å². The lowest BCUT2D eigenvalue weighted by atomic mass is 10.1. The van der Waals surface area contributed by atoms with Crippen LogP contribution in [0.3, 0.4) is 0 Å². The van der Waals surface area contributed by atoms with Gasteiger partial charge in [0.2, 0.25) is 5.43 Å². The zero-order valence-corrected chi connectivity index (χ0v) is 8.71. The Balaban J connectivity index is 2.60. The van der Waals surface area contributed by atoms with Gasteiger partial charge in [-0.2, -0.15) is 0 Å². The highest BCUT2D eigenvalue weighted by Gasteiger charge is 2.11. The molecule has 3 rings (SSSR count).